The van der Waals surface area contributed by atoms with Crippen molar-refractivity contribution >= 4 is 5.78 Å². The summed E-state index contributed by atoms with van der Waals surface area (Å²) in [6.45, 7) is 3.31. The first-order valence-corrected chi connectivity index (χ1v) is 5.21. The van der Waals surface area contributed by atoms with Crippen molar-refractivity contribution < 1.29 is 9.53 Å². The van der Waals surface area contributed by atoms with E-state index in [-0.39, 0.29) is 11.9 Å². The predicted molar refractivity (Wildman–Crippen MR) is 56.9 cm³/mol. The van der Waals surface area contributed by atoms with E-state index in [9.17, 15) is 4.79 Å². The van der Waals surface area contributed by atoms with Gasteiger partial charge in [0.15, 0.2) is 11.9 Å². The van der Waals surface area contributed by atoms with Crippen LogP contribution in [0.25, 0.3) is 0 Å². The van der Waals surface area contributed by atoms with Gasteiger partial charge in [0.1, 0.15) is 0 Å². The van der Waals surface area contributed by atoms with Gasteiger partial charge in [-0.05, 0) is 51.2 Å². The van der Waals surface area contributed by atoms with Gasteiger partial charge >= 0.3 is 0 Å². The van der Waals surface area contributed by atoms with Gasteiger partial charge in [0.05, 0.1) is 6.26 Å². The largest absolute Gasteiger partial charge is 0.491 e. The Balaban J connectivity index is 2.32. The van der Waals surface area contributed by atoms with Gasteiger partial charge in [-0.3, -0.25) is 4.79 Å². The van der Waals surface area contributed by atoms with Gasteiger partial charge in [-0.15, -0.1) is 0 Å². The fraction of sp³-hybridized carbons (Fsp3) is 0.583. The van der Waals surface area contributed by atoms with Gasteiger partial charge in [-0.2, -0.15) is 0 Å². The highest BCUT2D eigenvalue weighted by Crippen LogP contribution is 2.18. The van der Waals surface area contributed by atoms with Crippen molar-refractivity contribution in [2.75, 3.05) is 0 Å². The molecule has 1 aliphatic rings. The smallest absolute Gasteiger partial charge is 0.169 e. The number of hydrogen-bond acceptors (Lipinski definition) is 2. The van der Waals surface area contributed by atoms with Crippen LogP contribution < -0.4 is 0 Å². The van der Waals surface area contributed by atoms with Crippen molar-refractivity contribution in [1.82, 2.24) is 0 Å². The second kappa shape index (κ2) is 5.63. The van der Waals surface area contributed by atoms with Gasteiger partial charge in [0.2, 0.25) is 0 Å². The quantitative estimate of drug-likeness (QED) is 0.643. The number of ether oxygens (including phenoxy) is 1. The van der Waals surface area contributed by atoms with Gasteiger partial charge in [-0.1, -0.05) is 6.08 Å². The molecule has 0 aromatic carbocycles. The summed E-state index contributed by atoms with van der Waals surface area (Å²) >= 11 is 0. The third-order valence-electron chi connectivity index (χ3n) is 2.46. The number of allylic oxidation sites excluding steroid dienone is 3. The van der Waals surface area contributed by atoms with Crippen LogP contribution in [-0.4, -0.2) is 11.9 Å². The maximum absolute atomic E-state index is 10.9. The fourth-order valence-electron chi connectivity index (χ4n) is 1.35. The maximum Gasteiger partial charge on any atom is 0.169 e. The van der Waals surface area contributed by atoms with Crippen molar-refractivity contribution in [3.63, 3.8) is 0 Å². The van der Waals surface area contributed by atoms with Crippen LogP contribution in [0.1, 0.15) is 39.5 Å². The van der Waals surface area contributed by atoms with Crippen molar-refractivity contribution in [3.8, 4) is 0 Å². The minimum absolute atomic E-state index is 0.0623. The zero-order chi connectivity index (χ0) is 10.4. The molecule has 2 nitrogen and oxygen atoms in total. The van der Waals surface area contributed by atoms with E-state index < -0.39 is 0 Å². The van der Waals surface area contributed by atoms with E-state index >= 15 is 0 Å². The van der Waals surface area contributed by atoms with Crippen LogP contribution in [0, 0.1) is 0 Å². The van der Waals surface area contributed by atoms with Crippen LogP contribution in [0.5, 0.6) is 0 Å². The number of carbonyl (C=O) groups excluding carboxylic acids is 1. The van der Waals surface area contributed by atoms with Gasteiger partial charge in [-0.25, -0.2) is 0 Å². The first-order valence-electron chi connectivity index (χ1n) is 5.21. The maximum atomic E-state index is 10.9. The number of ketones is 1. The molecule has 0 radical (unpaired) electrons. The summed E-state index contributed by atoms with van der Waals surface area (Å²) in [5.74, 6) is 0.0623. The third-order valence-corrected chi connectivity index (χ3v) is 2.46. The highest BCUT2D eigenvalue weighted by molar-refractivity contribution is 5.79. The molecule has 78 valence electrons. The molecule has 0 heterocycles. The molecule has 1 aliphatic carbocycles. The lowest BCUT2D eigenvalue weighted by Crippen LogP contribution is -2.14. The number of rotatable bonds is 4. The molecule has 0 aliphatic heterocycles. The van der Waals surface area contributed by atoms with Crippen molar-refractivity contribution in [2.45, 2.75) is 45.6 Å². The van der Waals surface area contributed by atoms with Gasteiger partial charge in [0, 0.05) is 0 Å². The average Bonchev–Trinajstić information content (AvgIpc) is 2.19. The molecule has 1 atom stereocenters. The Morgan fingerprint density at radius 2 is 2.36 bits per heavy atom. The molecule has 2 heteroatoms. The van der Waals surface area contributed by atoms with Crippen molar-refractivity contribution in [2.24, 2.45) is 0 Å². The summed E-state index contributed by atoms with van der Waals surface area (Å²) in [7, 11) is 0. The van der Waals surface area contributed by atoms with E-state index in [0.717, 1.165) is 6.42 Å². The summed E-state index contributed by atoms with van der Waals surface area (Å²) in [6, 6.07) is 0. The molecule has 0 bridgehead atoms. The first-order chi connectivity index (χ1) is 6.70. The summed E-state index contributed by atoms with van der Waals surface area (Å²) in [5, 5.41) is 0. The zero-order valence-corrected chi connectivity index (χ0v) is 8.95. The third kappa shape index (κ3) is 3.77. The molecule has 14 heavy (non-hydrogen) atoms. The average molecular weight is 194 g/mol. The van der Waals surface area contributed by atoms with Gasteiger partial charge < -0.3 is 4.74 Å². The van der Waals surface area contributed by atoms with E-state index in [2.05, 4.69) is 6.08 Å². The van der Waals surface area contributed by atoms with Crippen molar-refractivity contribution in [3.05, 3.63) is 24.0 Å². The van der Waals surface area contributed by atoms with Crippen LogP contribution in [0.2, 0.25) is 0 Å². The summed E-state index contributed by atoms with van der Waals surface area (Å²) in [6.07, 6.45) is 10.4. The first kappa shape index (κ1) is 11.0. The second-order valence-electron chi connectivity index (χ2n) is 3.72. The molecule has 0 aromatic heterocycles. The molecular weight excluding hydrogens is 176 g/mol. The normalized spacial score (nSPS) is 19.1. The molecule has 0 fully saturated rings. The molecule has 0 aromatic rings. The van der Waals surface area contributed by atoms with Crippen molar-refractivity contribution in [1.29, 1.82) is 0 Å². The van der Waals surface area contributed by atoms with E-state index in [4.69, 9.17) is 4.74 Å². The van der Waals surface area contributed by atoms with E-state index in [1.165, 1.54) is 24.8 Å². The van der Waals surface area contributed by atoms with Crippen LogP contribution in [0.4, 0.5) is 0 Å². The van der Waals surface area contributed by atoms with Crippen LogP contribution >= 0.6 is 0 Å². The summed E-state index contributed by atoms with van der Waals surface area (Å²) in [5.41, 5.74) is 1.33. The Hall–Kier alpha value is -1.05. The summed E-state index contributed by atoms with van der Waals surface area (Å²) in [4.78, 5) is 10.9. The Morgan fingerprint density at radius 1 is 1.57 bits per heavy atom. The van der Waals surface area contributed by atoms with Crippen LogP contribution in [0.3, 0.4) is 0 Å². The molecule has 0 saturated carbocycles. The van der Waals surface area contributed by atoms with E-state index in [1.807, 2.05) is 6.08 Å². The molecular formula is C12H18O2. The van der Waals surface area contributed by atoms with Crippen LogP contribution in [0.15, 0.2) is 24.0 Å². The lowest BCUT2D eigenvalue weighted by molar-refractivity contribution is -0.124. The fourth-order valence-corrected chi connectivity index (χ4v) is 1.35. The molecule has 1 unspecified atom stereocenters. The monoisotopic (exact) mass is 194 g/mol. The van der Waals surface area contributed by atoms with E-state index in [1.54, 1.807) is 20.1 Å². The topological polar surface area (TPSA) is 26.3 Å². The lowest BCUT2D eigenvalue weighted by Gasteiger charge is -2.09. The highest BCUT2D eigenvalue weighted by atomic mass is 16.5. The number of Topliss-reactive ketones (excluding diaryl/α,β-unsaturated/α-hetero) is 1. The lowest BCUT2D eigenvalue weighted by atomic mass is 10.00. The molecule has 0 N–H and O–H groups in total. The minimum Gasteiger partial charge on any atom is -0.491 e. The minimum atomic E-state index is -0.324. The number of hydrogen-bond donors (Lipinski definition) is 0. The van der Waals surface area contributed by atoms with E-state index in [0.29, 0.717) is 0 Å². The van der Waals surface area contributed by atoms with Gasteiger partial charge in [0.25, 0.3) is 0 Å². The molecule has 0 amide bonds. The Labute approximate surface area is 85.6 Å². The molecule has 1 rings (SSSR count). The Kier molecular flexibility index (Phi) is 4.44. The molecule has 0 saturated heterocycles. The molecule has 0 spiro atoms. The Bertz CT molecular complexity index is 251. The summed E-state index contributed by atoms with van der Waals surface area (Å²) < 4.78 is 5.24. The Morgan fingerprint density at radius 3 is 2.93 bits per heavy atom. The second-order valence-corrected chi connectivity index (χ2v) is 3.72. The highest BCUT2D eigenvalue weighted by Gasteiger charge is 2.05. The van der Waals surface area contributed by atoms with Crippen LogP contribution in [-0.2, 0) is 9.53 Å². The number of carbonyl (C=O) groups is 1. The zero-order valence-electron chi connectivity index (χ0n) is 8.95. The standard InChI is InChI=1S/C12H18O2/c1-10(13)11(2)14-9-8-12-6-4-3-5-7-12/h6,8-9,11H,3-5,7H2,1-2H3/b9-8+. The SMILES string of the molecule is CC(=O)C(C)O/C=C/C1=CCCCC1. The predicted octanol–water partition coefficient (Wildman–Crippen LogP) is 2.99.